The van der Waals surface area contributed by atoms with Gasteiger partial charge in [0.15, 0.2) is 0 Å². The Morgan fingerprint density at radius 2 is 2.05 bits per heavy atom. The van der Waals surface area contributed by atoms with Crippen LogP contribution >= 0.6 is 0 Å². The molecule has 8 nitrogen and oxygen atoms in total. The molecule has 0 aliphatic heterocycles. The van der Waals surface area contributed by atoms with Crippen molar-refractivity contribution in [2.75, 3.05) is 6.54 Å². The summed E-state index contributed by atoms with van der Waals surface area (Å²) in [5, 5.41) is 22.9. The number of nitro groups is 1. The first kappa shape index (κ1) is 16.6. The molecule has 0 aliphatic carbocycles. The lowest BCUT2D eigenvalue weighted by molar-refractivity contribution is -0.385. The molecule has 0 aliphatic rings. The summed E-state index contributed by atoms with van der Waals surface area (Å²) in [6, 6.07) is 4.04. The second-order valence-electron chi connectivity index (χ2n) is 5.23. The van der Waals surface area contributed by atoms with E-state index in [9.17, 15) is 19.7 Å². The molecule has 1 rings (SSSR count). The molecule has 0 atom stereocenters. The van der Waals surface area contributed by atoms with E-state index in [1.807, 2.05) is 0 Å². The summed E-state index contributed by atoms with van der Waals surface area (Å²) in [5.41, 5.74) is 3.89. The summed E-state index contributed by atoms with van der Waals surface area (Å²) >= 11 is 0. The molecule has 4 N–H and O–H groups in total. The Morgan fingerprint density at radius 1 is 1.43 bits per heavy atom. The number of hydrogen-bond donors (Lipinski definition) is 3. The first-order valence-electron chi connectivity index (χ1n) is 6.17. The van der Waals surface area contributed by atoms with Gasteiger partial charge in [0.25, 0.3) is 5.69 Å². The Balaban J connectivity index is 2.94. The van der Waals surface area contributed by atoms with E-state index in [-0.39, 0.29) is 24.2 Å². The van der Waals surface area contributed by atoms with Crippen LogP contribution in [0.15, 0.2) is 18.2 Å². The van der Waals surface area contributed by atoms with E-state index in [4.69, 9.17) is 10.8 Å². The molecule has 114 valence electrons. The van der Waals surface area contributed by atoms with Crippen LogP contribution in [0.5, 0.6) is 0 Å². The molecule has 0 fully saturated rings. The number of nitrogens with zero attached hydrogens (tertiary/aromatic N) is 1. The zero-order valence-corrected chi connectivity index (χ0v) is 11.8. The van der Waals surface area contributed by atoms with Crippen molar-refractivity contribution >= 4 is 17.6 Å². The van der Waals surface area contributed by atoms with Crippen LogP contribution in [0.25, 0.3) is 0 Å². The molecule has 0 bridgehead atoms. The number of nitro benzene ring substituents is 1. The van der Waals surface area contributed by atoms with Crippen LogP contribution in [0.3, 0.4) is 0 Å². The van der Waals surface area contributed by atoms with Gasteiger partial charge < -0.3 is 16.2 Å². The standard InChI is InChI=1S/C13H17N3O5/c1-13(2,12(14)19)7-15-6-8-4-3-5-9(16(20)21)10(8)11(17)18/h3-5,15H,6-7H2,1-2H3,(H2,14,19)(H,17,18). The topological polar surface area (TPSA) is 136 Å². The summed E-state index contributed by atoms with van der Waals surface area (Å²) in [5.74, 6) is -1.86. The van der Waals surface area contributed by atoms with Gasteiger partial charge in [-0.15, -0.1) is 0 Å². The van der Waals surface area contributed by atoms with Crippen LogP contribution in [0.2, 0.25) is 0 Å². The molecule has 21 heavy (non-hydrogen) atoms. The van der Waals surface area contributed by atoms with E-state index in [0.717, 1.165) is 6.07 Å². The minimum absolute atomic E-state index is 0.0834. The SMILES string of the molecule is CC(C)(CNCc1cccc([N+](=O)[O-])c1C(=O)O)C(N)=O. The molecule has 0 saturated heterocycles. The Morgan fingerprint density at radius 3 is 2.52 bits per heavy atom. The Labute approximate surface area is 121 Å². The quantitative estimate of drug-likeness (QED) is 0.505. The lowest BCUT2D eigenvalue weighted by Gasteiger charge is -2.21. The smallest absolute Gasteiger partial charge is 0.343 e. The van der Waals surface area contributed by atoms with Gasteiger partial charge in [-0.25, -0.2) is 4.79 Å². The summed E-state index contributed by atoms with van der Waals surface area (Å²) < 4.78 is 0. The van der Waals surface area contributed by atoms with Gasteiger partial charge in [0, 0.05) is 19.2 Å². The van der Waals surface area contributed by atoms with E-state index in [1.165, 1.54) is 12.1 Å². The molecule has 0 heterocycles. The number of rotatable bonds is 7. The first-order chi connectivity index (χ1) is 9.66. The number of carbonyl (C=O) groups is 2. The highest BCUT2D eigenvalue weighted by molar-refractivity contribution is 5.94. The number of carboxylic acids is 1. The molecule has 8 heteroatoms. The molecular weight excluding hydrogens is 278 g/mol. The maximum atomic E-state index is 11.2. The average Bonchev–Trinajstić information content (AvgIpc) is 2.37. The van der Waals surface area contributed by atoms with Crippen molar-refractivity contribution in [2.45, 2.75) is 20.4 Å². The Kier molecular flexibility index (Phi) is 4.98. The number of nitrogens with one attached hydrogen (secondary N) is 1. The van der Waals surface area contributed by atoms with Crippen molar-refractivity contribution in [3.8, 4) is 0 Å². The third-order valence-electron chi connectivity index (χ3n) is 3.09. The minimum atomic E-state index is -1.37. The number of benzene rings is 1. The summed E-state index contributed by atoms with van der Waals surface area (Å²) in [6.07, 6.45) is 0. The van der Waals surface area contributed by atoms with Gasteiger partial charge in [-0.3, -0.25) is 14.9 Å². The van der Waals surface area contributed by atoms with E-state index in [1.54, 1.807) is 13.8 Å². The predicted octanol–water partition coefficient (Wildman–Crippen LogP) is 0.894. The monoisotopic (exact) mass is 295 g/mol. The van der Waals surface area contributed by atoms with Crippen molar-refractivity contribution in [3.05, 3.63) is 39.4 Å². The van der Waals surface area contributed by atoms with Gasteiger partial charge in [0.05, 0.1) is 10.3 Å². The number of primary amides is 1. The molecule has 0 saturated carbocycles. The molecule has 1 aromatic rings. The van der Waals surface area contributed by atoms with Crippen molar-refractivity contribution in [1.29, 1.82) is 0 Å². The number of hydrogen-bond acceptors (Lipinski definition) is 5. The second kappa shape index (κ2) is 6.31. The molecular formula is C13H17N3O5. The number of nitrogens with two attached hydrogens (primary N) is 1. The molecule has 1 aromatic carbocycles. The Bertz CT molecular complexity index is 583. The Hall–Kier alpha value is -2.48. The number of aromatic carboxylic acids is 1. The molecule has 0 radical (unpaired) electrons. The highest BCUT2D eigenvalue weighted by atomic mass is 16.6. The van der Waals surface area contributed by atoms with Gasteiger partial charge in [0.2, 0.25) is 5.91 Å². The van der Waals surface area contributed by atoms with Gasteiger partial charge in [-0.1, -0.05) is 12.1 Å². The highest BCUT2D eigenvalue weighted by Gasteiger charge is 2.26. The van der Waals surface area contributed by atoms with E-state index >= 15 is 0 Å². The zero-order chi connectivity index (χ0) is 16.2. The fourth-order valence-corrected chi connectivity index (χ4v) is 1.73. The zero-order valence-electron chi connectivity index (χ0n) is 11.8. The molecule has 0 spiro atoms. The van der Waals surface area contributed by atoms with Crippen LogP contribution in [-0.2, 0) is 11.3 Å². The lowest BCUT2D eigenvalue weighted by Crippen LogP contribution is -2.40. The average molecular weight is 295 g/mol. The fourth-order valence-electron chi connectivity index (χ4n) is 1.73. The number of amides is 1. The first-order valence-corrected chi connectivity index (χ1v) is 6.17. The molecule has 1 amide bonds. The maximum absolute atomic E-state index is 11.2. The maximum Gasteiger partial charge on any atom is 0.343 e. The number of carbonyl (C=O) groups excluding carboxylic acids is 1. The van der Waals surface area contributed by atoms with Gasteiger partial charge >= 0.3 is 5.97 Å². The summed E-state index contributed by atoms with van der Waals surface area (Å²) in [6.45, 7) is 3.60. The van der Waals surface area contributed by atoms with E-state index in [0.29, 0.717) is 0 Å². The second-order valence-corrected chi connectivity index (χ2v) is 5.23. The van der Waals surface area contributed by atoms with Crippen LogP contribution in [0.4, 0.5) is 5.69 Å². The third-order valence-corrected chi connectivity index (χ3v) is 3.09. The van der Waals surface area contributed by atoms with E-state index < -0.39 is 27.9 Å². The van der Waals surface area contributed by atoms with Crippen LogP contribution < -0.4 is 11.1 Å². The van der Waals surface area contributed by atoms with Gasteiger partial charge in [-0.05, 0) is 19.4 Å². The normalized spacial score (nSPS) is 11.1. The number of carboxylic acid groups (broad SMARTS) is 1. The molecule has 0 unspecified atom stereocenters. The van der Waals surface area contributed by atoms with Crippen molar-refractivity contribution in [3.63, 3.8) is 0 Å². The predicted molar refractivity (Wildman–Crippen MR) is 74.7 cm³/mol. The third kappa shape index (κ3) is 3.99. The largest absolute Gasteiger partial charge is 0.477 e. The van der Waals surface area contributed by atoms with Crippen LogP contribution in [0.1, 0.15) is 29.8 Å². The van der Waals surface area contributed by atoms with Crippen LogP contribution in [0, 0.1) is 15.5 Å². The van der Waals surface area contributed by atoms with Crippen LogP contribution in [-0.4, -0.2) is 28.5 Å². The summed E-state index contributed by atoms with van der Waals surface area (Å²) in [4.78, 5) is 32.5. The van der Waals surface area contributed by atoms with Crippen molar-refractivity contribution in [1.82, 2.24) is 5.32 Å². The fraction of sp³-hybridized carbons (Fsp3) is 0.385. The minimum Gasteiger partial charge on any atom is -0.477 e. The van der Waals surface area contributed by atoms with Gasteiger partial charge in [0.1, 0.15) is 5.56 Å². The lowest BCUT2D eigenvalue weighted by atomic mass is 9.92. The summed E-state index contributed by atoms with van der Waals surface area (Å²) in [7, 11) is 0. The van der Waals surface area contributed by atoms with Gasteiger partial charge in [-0.2, -0.15) is 0 Å². The van der Waals surface area contributed by atoms with E-state index in [2.05, 4.69) is 5.32 Å². The van der Waals surface area contributed by atoms with Crippen molar-refractivity contribution in [2.24, 2.45) is 11.1 Å². The van der Waals surface area contributed by atoms with Crippen molar-refractivity contribution < 1.29 is 19.6 Å². The molecule has 0 aromatic heterocycles. The highest BCUT2D eigenvalue weighted by Crippen LogP contribution is 2.22.